The van der Waals surface area contributed by atoms with Crippen LogP contribution in [0, 0.1) is 5.41 Å². The maximum atomic E-state index is 12.1. The molecule has 6 heteroatoms. The number of carboxylic acid groups (broad SMARTS) is 1. The number of carboxylic acids is 1. The van der Waals surface area contributed by atoms with Crippen LogP contribution in [0.15, 0.2) is 18.3 Å². The summed E-state index contributed by atoms with van der Waals surface area (Å²) in [5, 5.41) is 12.2. The first-order valence-corrected chi connectivity index (χ1v) is 7.50. The van der Waals surface area contributed by atoms with Gasteiger partial charge in [0.15, 0.2) is 0 Å². The topological polar surface area (TPSA) is 79.3 Å². The fraction of sp³-hybridized carbons (Fsp3) is 0.533. The second kappa shape index (κ2) is 6.89. The molecule has 0 bridgehead atoms. The van der Waals surface area contributed by atoms with Gasteiger partial charge in [0, 0.05) is 18.3 Å². The Morgan fingerprint density at radius 1 is 1.33 bits per heavy atom. The molecular weight excluding hydrogens is 292 g/mol. The van der Waals surface area contributed by atoms with Gasteiger partial charge in [-0.1, -0.05) is 30.9 Å². The summed E-state index contributed by atoms with van der Waals surface area (Å²) in [4.78, 5) is 27.0. The number of hydrogen-bond acceptors (Lipinski definition) is 3. The number of amides is 1. The van der Waals surface area contributed by atoms with Gasteiger partial charge in [-0.2, -0.15) is 0 Å². The van der Waals surface area contributed by atoms with E-state index in [2.05, 4.69) is 10.3 Å². The van der Waals surface area contributed by atoms with Crippen molar-refractivity contribution in [1.29, 1.82) is 0 Å². The number of carbonyl (C=O) groups excluding carboxylic acids is 1. The van der Waals surface area contributed by atoms with E-state index in [1.54, 1.807) is 6.07 Å². The zero-order valence-corrected chi connectivity index (χ0v) is 12.5. The predicted octanol–water partition coefficient (Wildman–Crippen LogP) is 2.89. The molecule has 1 aromatic heterocycles. The van der Waals surface area contributed by atoms with Crippen LogP contribution in [0.3, 0.4) is 0 Å². The molecule has 114 valence electrons. The van der Waals surface area contributed by atoms with Gasteiger partial charge >= 0.3 is 5.97 Å². The number of nitrogens with one attached hydrogen (secondary N) is 1. The van der Waals surface area contributed by atoms with Crippen LogP contribution < -0.4 is 5.32 Å². The van der Waals surface area contributed by atoms with Crippen molar-refractivity contribution in [2.24, 2.45) is 5.41 Å². The number of aliphatic carboxylic acids is 1. The lowest BCUT2D eigenvalue weighted by Gasteiger charge is -2.36. The van der Waals surface area contributed by atoms with Crippen molar-refractivity contribution >= 4 is 23.5 Å². The molecule has 0 spiro atoms. The smallest absolute Gasteiger partial charge is 0.303 e. The first kappa shape index (κ1) is 15.8. The van der Waals surface area contributed by atoms with E-state index < -0.39 is 5.97 Å². The van der Waals surface area contributed by atoms with Crippen LogP contribution in [0.5, 0.6) is 0 Å². The average molecular weight is 311 g/mol. The van der Waals surface area contributed by atoms with Gasteiger partial charge in [-0.25, -0.2) is 4.98 Å². The monoisotopic (exact) mass is 310 g/mol. The van der Waals surface area contributed by atoms with Crippen LogP contribution in [0.1, 0.15) is 48.9 Å². The summed E-state index contributed by atoms with van der Waals surface area (Å²) in [5.74, 6) is -1.05. The van der Waals surface area contributed by atoms with Crippen LogP contribution in [0.4, 0.5) is 0 Å². The molecule has 1 aliphatic rings. The third kappa shape index (κ3) is 4.43. The lowest BCUT2D eigenvalue weighted by molar-refractivity contribution is -0.140. The first-order valence-electron chi connectivity index (χ1n) is 7.12. The van der Waals surface area contributed by atoms with E-state index in [1.165, 1.54) is 12.3 Å². The molecule has 1 fully saturated rings. The summed E-state index contributed by atoms with van der Waals surface area (Å²) in [6.07, 6.45) is 6.44. The van der Waals surface area contributed by atoms with Crippen molar-refractivity contribution in [3.63, 3.8) is 0 Å². The highest BCUT2D eigenvalue weighted by atomic mass is 35.5. The molecule has 1 amide bonds. The minimum absolute atomic E-state index is 0.102. The van der Waals surface area contributed by atoms with Gasteiger partial charge in [-0.15, -0.1) is 0 Å². The fourth-order valence-corrected chi connectivity index (χ4v) is 3.13. The van der Waals surface area contributed by atoms with E-state index in [1.807, 2.05) is 0 Å². The van der Waals surface area contributed by atoms with Crippen LogP contribution in [0.25, 0.3) is 0 Å². The van der Waals surface area contributed by atoms with Gasteiger partial charge in [0.05, 0.1) is 6.42 Å². The maximum absolute atomic E-state index is 12.1. The van der Waals surface area contributed by atoms with Crippen molar-refractivity contribution in [1.82, 2.24) is 10.3 Å². The molecule has 0 atom stereocenters. The van der Waals surface area contributed by atoms with Crippen molar-refractivity contribution in [2.75, 3.05) is 6.54 Å². The summed E-state index contributed by atoms with van der Waals surface area (Å²) in [5.41, 5.74) is 0.118. The Labute approximate surface area is 128 Å². The van der Waals surface area contributed by atoms with Crippen LogP contribution in [0.2, 0.25) is 5.15 Å². The number of pyridine rings is 1. The normalized spacial score (nSPS) is 17.2. The Bertz CT molecular complexity index is 527. The summed E-state index contributed by atoms with van der Waals surface area (Å²) in [7, 11) is 0. The fourth-order valence-electron chi connectivity index (χ4n) is 2.95. The average Bonchev–Trinajstić information content (AvgIpc) is 2.45. The first-order chi connectivity index (χ1) is 10.0. The highest BCUT2D eigenvalue weighted by molar-refractivity contribution is 6.29. The van der Waals surface area contributed by atoms with E-state index in [0.29, 0.717) is 12.1 Å². The minimum Gasteiger partial charge on any atom is -0.481 e. The second-order valence-electron chi connectivity index (χ2n) is 5.68. The summed E-state index contributed by atoms with van der Waals surface area (Å²) in [6, 6.07) is 3.09. The molecule has 1 aromatic rings. The quantitative estimate of drug-likeness (QED) is 0.820. The number of rotatable bonds is 5. The number of aromatic nitrogens is 1. The lowest BCUT2D eigenvalue weighted by Crippen LogP contribution is -2.40. The van der Waals surface area contributed by atoms with E-state index in [4.69, 9.17) is 16.7 Å². The molecule has 0 saturated heterocycles. The standard InChI is InChI=1S/C15H19ClN2O3/c16-12-8-11(4-7-17-12)14(21)18-10-15(9-13(19)20)5-2-1-3-6-15/h4,7-8H,1-3,5-6,9-10H2,(H,18,21)(H,19,20). The highest BCUT2D eigenvalue weighted by Crippen LogP contribution is 2.38. The van der Waals surface area contributed by atoms with Crippen LogP contribution in [-0.4, -0.2) is 28.5 Å². The molecule has 1 heterocycles. The molecule has 0 aliphatic heterocycles. The molecule has 5 nitrogen and oxygen atoms in total. The third-order valence-corrected chi connectivity index (χ3v) is 4.26. The SMILES string of the molecule is O=C(O)CC1(CNC(=O)c2ccnc(Cl)c2)CCCCC1. The van der Waals surface area contributed by atoms with Crippen LogP contribution >= 0.6 is 11.6 Å². The number of carbonyl (C=O) groups is 2. The Hall–Kier alpha value is -1.62. The summed E-state index contributed by atoms with van der Waals surface area (Å²) < 4.78 is 0. The van der Waals surface area contributed by atoms with E-state index >= 15 is 0 Å². The highest BCUT2D eigenvalue weighted by Gasteiger charge is 2.34. The Balaban J connectivity index is 2.01. The molecule has 0 aromatic carbocycles. The minimum atomic E-state index is -0.807. The van der Waals surface area contributed by atoms with Gasteiger partial charge in [0.1, 0.15) is 5.15 Å². The van der Waals surface area contributed by atoms with Crippen molar-refractivity contribution in [3.05, 3.63) is 29.0 Å². The summed E-state index contributed by atoms with van der Waals surface area (Å²) >= 11 is 5.77. The Morgan fingerprint density at radius 3 is 2.67 bits per heavy atom. The molecule has 1 saturated carbocycles. The third-order valence-electron chi connectivity index (χ3n) is 4.05. The molecule has 2 rings (SSSR count). The van der Waals surface area contributed by atoms with Gasteiger partial charge in [0.2, 0.25) is 0 Å². The lowest BCUT2D eigenvalue weighted by atomic mass is 9.71. The van der Waals surface area contributed by atoms with Crippen molar-refractivity contribution in [3.8, 4) is 0 Å². The van der Waals surface area contributed by atoms with Crippen molar-refractivity contribution in [2.45, 2.75) is 38.5 Å². The largest absolute Gasteiger partial charge is 0.481 e. The predicted molar refractivity (Wildman–Crippen MR) is 79.4 cm³/mol. The maximum Gasteiger partial charge on any atom is 0.303 e. The zero-order chi connectivity index (χ0) is 15.3. The molecule has 1 aliphatic carbocycles. The van der Waals surface area contributed by atoms with Crippen LogP contribution in [-0.2, 0) is 4.79 Å². The molecule has 21 heavy (non-hydrogen) atoms. The molecule has 0 unspecified atom stereocenters. The molecular formula is C15H19ClN2O3. The number of halogens is 1. The van der Waals surface area contributed by atoms with Gasteiger partial charge < -0.3 is 10.4 Å². The van der Waals surface area contributed by atoms with Gasteiger partial charge in [0.25, 0.3) is 5.91 Å². The summed E-state index contributed by atoms with van der Waals surface area (Å²) in [6.45, 7) is 0.387. The zero-order valence-electron chi connectivity index (χ0n) is 11.8. The second-order valence-corrected chi connectivity index (χ2v) is 6.07. The van der Waals surface area contributed by atoms with Gasteiger partial charge in [-0.05, 0) is 30.4 Å². The van der Waals surface area contributed by atoms with E-state index in [0.717, 1.165) is 32.1 Å². The number of hydrogen-bond donors (Lipinski definition) is 2. The van der Waals surface area contributed by atoms with E-state index in [9.17, 15) is 9.59 Å². The Morgan fingerprint density at radius 2 is 2.05 bits per heavy atom. The molecule has 2 N–H and O–H groups in total. The number of nitrogens with zero attached hydrogens (tertiary/aromatic N) is 1. The molecule has 0 radical (unpaired) electrons. The Kier molecular flexibility index (Phi) is 5.17. The van der Waals surface area contributed by atoms with Gasteiger partial charge in [-0.3, -0.25) is 9.59 Å². The van der Waals surface area contributed by atoms with E-state index in [-0.39, 0.29) is 22.9 Å². The van der Waals surface area contributed by atoms with Crippen molar-refractivity contribution < 1.29 is 14.7 Å².